The lowest BCUT2D eigenvalue weighted by Gasteiger charge is -2.14. The van der Waals surface area contributed by atoms with Crippen LogP contribution in [0.1, 0.15) is 25.3 Å². The molecule has 2 N–H and O–H groups in total. The van der Waals surface area contributed by atoms with Crippen LogP contribution in [0.5, 0.6) is 0 Å². The largest absolute Gasteiger partial charge is 0.481 e. The molecule has 0 aliphatic carbocycles. The second-order valence-corrected chi connectivity index (χ2v) is 4.57. The first kappa shape index (κ1) is 14.9. The standard InChI is InChI=1S/C13H18N2O4/c1-3-10(6-13(16)17)8-14-11-4-9(2)5-12(7-11)15(18)19/h4-5,7,10,14H,3,6,8H2,1-2H3,(H,16,17). The molecule has 0 bridgehead atoms. The van der Waals surface area contributed by atoms with Crippen molar-refractivity contribution in [2.45, 2.75) is 26.7 Å². The fourth-order valence-electron chi connectivity index (χ4n) is 1.84. The van der Waals surface area contributed by atoms with Crippen LogP contribution < -0.4 is 5.32 Å². The molecule has 1 atom stereocenters. The van der Waals surface area contributed by atoms with Crippen molar-refractivity contribution in [3.05, 3.63) is 33.9 Å². The average Bonchev–Trinajstić information content (AvgIpc) is 2.33. The SMILES string of the molecule is CCC(CNc1cc(C)cc([N+](=O)[O-])c1)CC(=O)O. The number of carboxylic acids is 1. The number of anilines is 1. The van der Waals surface area contributed by atoms with Crippen molar-refractivity contribution in [3.8, 4) is 0 Å². The van der Waals surface area contributed by atoms with E-state index in [1.807, 2.05) is 6.92 Å². The number of carbonyl (C=O) groups is 1. The Hall–Kier alpha value is -2.11. The molecule has 0 aromatic heterocycles. The van der Waals surface area contributed by atoms with Gasteiger partial charge in [0.1, 0.15) is 0 Å². The summed E-state index contributed by atoms with van der Waals surface area (Å²) in [6, 6.07) is 4.76. The van der Waals surface area contributed by atoms with Gasteiger partial charge in [0, 0.05) is 30.8 Å². The maximum absolute atomic E-state index is 10.7. The molecular formula is C13H18N2O4. The van der Waals surface area contributed by atoms with Gasteiger partial charge in [-0.2, -0.15) is 0 Å². The van der Waals surface area contributed by atoms with E-state index >= 15 is 0 Å². The third kappa shape index (κ3) is 4.95. The van der Waals surface area contributed by atoms with E-state index < -0.39 is 10.9 Å². The average molecular weight is 266 g/mol. The predicted octanol–water partition coefficient (Wildman–Crippen LogP) is 2.82. The van der Waals surface area contributed by atoms with Crippen LogP contribution in [0.25, 0.3) is 0 Å². The van der Waals surface area contributed by atoms with E-state index in [0.29, 0.717) is 12.2 Å². The molecular weight excluding hydrogens is 248 g/mol. The van der Waals surface area contributed by atoms with Crippen molar-refractivity contribution in [2.24, 2.45) is 5.92 Å². The van der Waals surface area contributed by atoms with E-state index in [9.17, 15) is 14.9 Å². The Kier molecular flexibility index (Phi) is 5.29. The van der Waals surface area contributed by atoms with Gasteiger partial charge in [0.05, 0.1) is 4.92 Å². The van der Waals surface area contributed by atoms with E-state index in [2.05, 4.69) is 5.32 Å². The fourth-order valence-corrected chi connectivity index (χ4v) is 1.84. The summed E-state index contributed by atoms with van der Waals surface area (Å²) in [5.74, 6) is -0.819. The van der Waals surface area contributed by atoms with E-state index in [1.54, 1.807) is 13.0 Å². The van der Waals surface area contributed by atoms with Crippen molar-refractivity contribution in [1.29, 1.82) is 0 Å². The highest BCUT2D eigenvalue weighted by Gasteiger charge is 2.12. The minimum atomic E-state index is -0.830. The van der Waals surface area contributed by atoms with Gasteiger partial charge < -0.3 is 10.4 Å². The van der Waals surface area contributed by atoms with Crippen molar-refractivity contribution in [1.82, 2.24) is 0 Å². The molecule has 1 unspecified atom stereocenters. The molecule has 0 aliphatic heterocycles. The number of hydrogen-bond donors (Lipinski definition) is 2. The zero-order chi connectivity index (χ0) is 14.4. The number of carboxylic acid groups (broad SMARTS) is 1. The van der Waals surface area contributed by atoms with E-state index in [1.165, 1.54) is 12.1 Å². The van der Waals surface area contributed by atoms with Crippen molar-refractivity contribution in [3.63, 3.8) is 0 Å². The summed E-state index contributed by atoms with van der Waals surface area (Å²) >= 11 is 0. The van der Waals surface area contributed by atoms with Crippen LogP contribution in [0.15, 0.2) is 18.2 Å². The summed E-state index contributed by atoms with van der Waals surface area (Å²) in [6.45, 7) is 4.20. The molecule has 0 radical (unpaired) electrons. The van der Waals surface area contributed by atoms with E-state index in [0.717, 1.165) is 12.0 Å². The van der Waals surface area contributed by atoms with Crippen LogP contribution in [0.3, 0.4) is 0 Å². The molecule has 0 fully saturated rings. The molecule has 0 saturated carbocycles. The minimum absolute atomic E-state index is 0.0112. The molecule has 104 valence electrons. The Morgan fingerprint density at radius 2 is 2.16 bits per heavy atom. The number of aliphatic carboxylic acids is 1. The Morgan fingerprint density at radius 3 is 2.68 bits per heavy atom. The van der Waals surface area contributed by atoms with Gasteiger partial charge in [0.25, 0.3) is 5.69 Å². The number of hydrogen-bond acceptors (Lipinski definition) is 4. The summed E-state index contributed by atoms with van der Waals surface area (Å²) in [5.41, 5.74) is 1.48. The Bertz CT molecular complexity index is 474. The lowest BCUT2D eigenvalue weighted by molar-refractivity contribution is -0.384. The molecule has 1 aromatic carbocycles. The first-order valence-electron chi connectivity index (χ1n) is 6.14. The number of non-ortho nitro benzene ring substituents is 1. The van der Waals surface area contributed by atoms with Gasteiger partial charge in [0.15, 0.2) is 0 Å². The van der Waals surface area contributed by atoms with Crippen molar-refractivity contribution in [2.75, 3.05) is 11.9 Å². The third-order valence-corrected chi connectivity index (χ3v) is 2.91. The second-order valence-electron chi connectivity index (χ2n) is 4.57. The number of aryl methyl sites for hydroxylation is 1. The fraction of sp³-hybridized carbons (Fsp3) is 0.462. The second kappa shape index (κ2) is 6.72. The lowest BCUT2D eigenvalue weighted by Crippen LogP contribution is -2.17. The molecule has 6 nitrogen and oxygen atoms in total. The third-order valence-electron chi connectivity index (χ3n) is 2.91. The Morgan fingerprint density at radius 1 is 1.47 bits per heavy atom. The van der Waals surface area contributed by atoms with Gasteiger partial charge in [-0.25, -0.2) is 0 Å². The molecule has 0 amide bonds. The summed E-state index contributed by atoms with van der Waals surface area (Å²) in [7, 11) is 0. The Balaban J connectivity index is 2.71. The zero-order valence-corrected chi connectivity index (χ0v) is 11.0. The monoisotopic (exact) mass is 266 g/mol. The maximum atomic E-state index is 10.7. The minimum Gasteiger partial charge on any atom is -0.481 e. The van der Waals surface area contributed by atoms with Crippen LogP contribution in [0.4, 0.5) is 11.4 Å². The maximum Gasteiger partial charge on any atom is 0.303 e. The molecule has 1 rings (SSSR count). The van der Waals surface area contributed by atoms with Crippen LogP contribution in [0.2, 0.25) is 0 Å². The molecule has 0 aliphatic rings. The van der Waals surface area contributed by atoms with Crippen LogP contribution in [-0.2, 0) is 4.79 Å². The highest BCUT2D eigenvalue weighted by atomic mass is 16.6. The normalized spacial score (nSPS) is 11.9. The molecule has 0 saturated heterocycles. The summed E-state index contributed by atoms with van der Waals surface area (Å²) in [4.78, 5) is 21.0. The summed E-state index contributed by atoms with van der Waals surface area (Å²) in [5, 5.41) is 22.6. The zero-order valence-electron chi connectivity index (χ0n) is 11.0. The number of rotatable bonds is 7. The number of nitro benzene ring substituents is 1. The van der Waals surface area contributed by atoms with E-state index in [-0.39, 0.29) is 18.0 Å². The van der Waals surface area contributed by atoms with Gasteiger partial charge in [0.2, 0.25) is 0 Å². The van der Waals surface area contributed by atoms with Gasteiger partial charge in [-0.05, 0) is 24.5 Å². The van der Waals surface area contributed by atoms with Gasteiger partial charge in [-0.15, -0.1) is 0 Å². The lowest BCUT2D eigenvalue weighted by atomic mass is 10.0. The number of nitrogens with one attached hydrogen (secondary N) is 1. The van der Waals surface area contributed by atoms with Gasteiger partial charge >= 0.3 is 5.97 Å². The first-order valence-corrected chi connectivity index (χ1v) is 6.14. The molecule has 0 spiro atoms. The topological polar surface area (TPSA) is 92.5 Å². The summed E-state index contributed by atoms with van der Waals surface area (Å²) in [6.07, 6.45) is 0.838. The van der Waals surface area contributed by atoms with Crippen molar-refractivity contribution < 1.29 is 14.8 Å². The highest BCUT2D eigenvalue weighted by molar-refractivity contribution is 5.67. The molecule has 1 aromatic rings. The predicted molar refractivity (Wildman–Crippen MR) is 72.4 cm³/mol. The quantitative estimate of drug-likeness (QED) is 0.584. The number of nitrogens with zero attached hydrogens (tertiary/aromatic N) is 1. The van der Waals surface area contributed by atoms with Crippen LogP contribution >= 0.6 is 0 Å². The van der Waals surface area contributed by atoms with Gasteiger partial charge in [-0.3, -0.25) is 14.9 Å². The smallest absolute Gasteiger partial charge is 0.303 e. The van der Waals surface area contributed by atoms with E-state index in [4.69, 9.17) is 5.11 Å². The van der Waals surface area contributed by atoms with Crippen LogP contribution in [0, 0.1) is 23.0 Å². The molecule has 6 heteroatoms. The number of nitro groups is 1. The van der Waals surface area contributed by atoms with Gasteiger partial charge in [-0.1, -0.05) is 13.3 Å². The molecule has 19 heavy (non-hydrogen) atoms. The highest BCUT2D eigenvalue weighted by Crippen LogP contribution is 2.21. The first-order chi connectivity index (χ1) is 8.92. The van der Waals surface area contributed by atoms with Crippen LogP contribution in [-0.4, -0.2) is 22.5 Å². The summed E-state index contributed by atoms with van der Waals surface area (Å²) < 4.78 is 0. The Labute approximate surface area is 111 Å². The van der Waals surface area contributed by atoms with Crippen molar-refractivity contribution >= 4 is 17.3 Å². The molecule has 0 heterocycles. The number of benzene rings is 1.